The number of hydrogen-bond donors (Lipinski definition) is 0. The summed E-state index contributed by atoms with van der Waals surface area (Å²) >= 11 is 0. The Bertz CT molecular complexity index is 122. The summed E-state index contributed by atoms with van der Waals surface area (Å²) in [6.07, 6.45) is 5.61. The summed E-state index contributed by atoms with van der Waals surface area (Å²) in [6, 6.07) is 0. The van der Waals surface area contributed by atoms with E-state index in [0.29, 0.717) is 5.54 Å². The van der Waals surface area contributed by atoms with Crippen LogP contribution in [0.4, 0.5) is 0 Å². The predicted molar refractivity (Wildman–Crippen MR) is 52.5 cm³/mol. The zero-order valence-electron chi connectivity index (χ0n) is 8.38. The normalized spacial score (nSPS) is 21.0. The van der Waals surface area contributed by atoms with Gasteiger partial charge in [0.1, 0.15) is 0 Å². The largest absolute Gasteiger partial charge is 0.400 e. The monoisotopic (exact) mass is 188 g/mol. The van der Waals surface area contributed by atoms with Gasteiger partial charge in [-0.3, -0.25) is 0 Å². The lowest BCUT2D eigenvalue weighted by Crippen LogP contribution is -2.27. The van der Waals surface area contributed by atoms with Crippen molar-refractivity contribution in [3.05, 3.63) is 0 Å². The van der Waals surface area contributed by atoms with Crippen molar-refractivity contribution < 1.29 is 8.85 Å². The molecule has 0 radical (unpaired) electrons. The first-order valence-electron chi connectivity index (χ1n) is 4.83. The Morgan fingerprint density at radius 1 is 1.33 bits per heavy atom. The maximum absolute atomic E-state index is 5.35. The van der Waals surface area contributed by atoms with Crippen LogP contribution in [0, 0.1) is 5.92 Å². The molecule has 0 bridgehead atoms. The molecule has 0 N–H and O–H groups in total. The molecule has 0 spiro atoms. The maximum atomic E-state index is 5.35. The van der Waals surface area contributed by atoms with Crippen molar-refractivity contribution in [2.45, 2.75) is 38.1 Å². The fourth-order valence-corrected chi connectivity index (χ4v) is 3.66. The van der Waals surface area contributed by atoms with Gasteiger partial charge in [0, 0.05) is 14.2 Å². The van der Waals surface area contributed by atoms with Gasteiger partial charge in [0.25, 0.3) is 0 Å². The molecule has 0 aromatic carbocycles. The van der Waals surface area contributed by atoms with E-state index in [1.165, 1.54) is 25.7 Å². The second kappa shape index (κ2) is 4.99. The third-order valence-corrected chi connectivity index (χ3v) is 4.99. The van der Waals surface area contributed by atoms with Gasteiger partial charge in [0.15, 0.2) is 0 Å². The Morgan fingerprint density at radius 2 is 1.92 bits per heavy atom. The topological polar surface area (TPSA) is 18.5 Å². The first kappa shape index (κ1) is 10.2. The van der Waals surface area contributed by atoms with Gasteiger partial charge in [-0.25, -0.2) is 0 Å². The smallest absolute Gasteiger partial charge is 0.323 e. The first-order valence-corrected chi connectivity index (χ1v) is 6.44. The average molecular weight is 188 g/mol. The quantitative estimate of drug-likeness (QED) is 0.615. The minimum absolute atomic E-state index is 0.672. The molecule has 72 valence electrons. The Hall–Kier alpha value is 0.137. The van der Waals surface area contributed by atoms with E-state index in [1.807, 2.05) is 0 Å². The van der Waals surface area contributed by atoms with Crippen LogP contribution >= 0.6 is 0 Å². The van der Waals surface area contributed by atoms with Gasteiger partial charge in [-0.05, 0) is 17.9 Å². The summed E-state index contributed by atoms with van der Waals surface area (Å²) in [5.41, 5.74) is 0.672. The Balaban J connectivity index is 2.19. The molecule has 1 saturated carbocycles. The van der Waals surface area contributed by atoms with Gasteiger partial charge < -0.3 is 8.85 Å². The summed E-state index contributed by atoms with van der Waals surface area (Å²) in [5.74, 6) is 0.972. The van der Waals surface area contributed by atoms with Gasteiger partial charge in [-0.15, -0.1) is 0 Å². The molecule has 12 heavy (non-hydrogen) atoms. The molecular weight excluding hydrogens is 168 g/mol. The van der Waals surface area contributed by atoms with Crippen molar-refractivity contribution in [2.24, 2.45) is 5.92 Å². The second-order valence-electron chi connectivity index (χ2n) is 3.85. The highest BCUT2D eigenvalue weighted by atomic mass is 28.3. The van der Waals surface area contributed by atoms with Crippen LogP contribution in [0.25, 0.3) is 0 Å². The summed E-state index contributed by atoms with van der Waals surface area (Å²) < 4.78 is 10.7. The van der Waals surface area contributed by atoms with Crippen molar-refractivity contribution in [3.8, 4) is 0 Å². The summed E-state index contributed by atoms with van der Waals surface area (Å²) in [4.78, 5) is 0. The van der Waals surface area contributed by atoms with E-state index in [0.717, 1.165) is 5.92 Å². The predicted octanol–water partition coefficient (Wildman–Crippen LogP) is 2.08. The lowest BCUT2D eigenvalue weighted by atomic mass is 9.82. The highest BCUT2D eigenvalue weighted by Crippen LogP contribution is 2.35. The molecule has 1 aliphatic rings. The van der Waals surface area contributed by atoms with Gasteiger partial charge in [0.05, 0.1) is 0 Å². The standard InChI is InChI=1S/C9H20O2Si/c1-8(12(10-2)11-3)7-9-5-4-6-9/h8-9,12H,4-7H2,1-3H3. The number of hydrogen-bond acceptors (Lipinski definition) is 2. The van der Waals surface area contributed by atoms with Gasteiger partial charge in [-0.1, -0.05) is 26.2 Å². The van der Waals surface area contributed by atoms with Crippen LogP contribution in [-0.4, -0.2) is 23.5 Å². The molecule has 0 aromatic rings. The Morgan fingerprint density at radius 3 is 2.25 bits per heavy atom. The van der Waals surface area contributed by atoms with Crippen LogP contribution in [0.3, 0.4) is 0 Å². The van der Waals surface area contributed by atoms with E-state index in [1.54, 1.807) is 14.2 Å². The van der Waals surface area contributed by atoms with Crippen LogP contribution in [-0.2, 0) is 8.85 Å². The van der Waals surface area contributed by atoms with Gasteiger partial charge in [-0.2, -0.15) is 0 Å². The molecule has 2 nitrogen and oxygen atoms in total. The molecule has 0 saturated heterocycles. The van der Waals surface area contributed by atoms with Crippen LogP contribution in [0.5, 0.6) is 0 Å². The van der Waals surface area contributed by atoms with E-state index in [-0.39, 0.29) is 0 Å². The summed E-state index contributed by atoms with van der Waals surface area (Å²) in [6.45, 7) is 2.27. The molecule has 3 heteroatoms. The van der Waals surface area contributed by atoms with Crippen LogP contribution in [0.2, 0.25) is 5.54 Å². The molecule has 1 aliphatic carbocycles. The highest BCUT2D eigenvalue weighted by molar-refractivity contribution is 6.46. The number of rotatable bonds is 5. The van der Waals surface area contributed by atoms with E-state index in [4.69, 9.17) is 8.85 Å². The van der Waals surface area contributed by atoms with Crippen molar-refractivity contribution >= 4 is 9.28 Å². The summed E-state index contributed by atoms with van der Waals surface area (Å²) in [7, 11) is 2.23. The molecule has 1 fully saturated rings. The van der Waals surface area contributed by atoms with E-state index < -0.39 is 9.28 Å². The summed E-state index contributed by atoms with van der Waals surface area (Å²) in [5, 5.41) is 0. The van der Waals surface area contributed by atoms with Crippen molar-refractivity contribution in [1.29, 1.82) is 0 Å². The van der Waals surface area contributed by atoms with Crippen molar-refractivity contribution in [3.63, 3.8) is 0 Å². The Kier molecular flexibility index (Phi) is 4.25. The van der Waals surface area contributed by atoms with Gasteiger partial charge in [0.2, 0.25) is 0 Å². The van der Waals surface area contributed by atoms with Crippen molar-refractivity contribution in [2.75, 3.05) is 14.2 Å². The van der Waals surface area contributed by atoms with Crippen molar-refractivity contribution in [1.82, 2.24) is 0 Å². The van der Waals surface area contributed by atoms with E-state index >= 15 is 0 Å². The molecule has 1 unspecified atom stereocenters. The van der Waals surface area contributed by atoms with Crippen LogP contribution < -0.4 is 0 Å². The first-order chi connectivity index (χ1) is 5.77. The minimum Gasteiger partial charge on any atom is -0.400 e. The zero-order valence-corrected chi connectivity index (χ0v) is 9.53. The SMILES string of the molecule is CO[SiH](OC)C(C)CC1CCC1. The average Bonchev–Trinajstić information content (AvgIpc) is 1.99. The maximum Gasteiger partial charge on any atom is 0.323 e. The molecule has 0 amide bonds. The third kappa shape index (κ3) is 2.57. The highest BCUT2D eigenvalue weighted by Gasteiger charge is 2.26. The molecule has 0 aromatic heterocycles. The molecule has 1 atom stereocenters. The molecule has 0 heterocycles. The van der Waals surface area contributed by atoms with E-state index in [2.05, 4.69) is 6.92 Å². The fourth-order valence-electron chi connectivity index (χ4n) is 1.93. The lowest BCUT2D eigenvalue weighted by molar-refractivity contribution is 0.239. The lowest BCUT2D eigenvalue weighted by Gasteiger charge is -2.29. The molecular formula is C9H20O2Si. The van der Waals surface area contributed by atoms with Crippen LogP contribution in [0.15, 0.2) is 0 Å². The van der Waals surface area contributed by atoms with Gasteiger partial charge >= 0.3 is 9.28 Å². The third-order valence-electron chi connectivity index (χ3n) is 2.86. The molecule has 0 aliphatic heterocycles. The molecule has 1 rings (SSSR count). The second-order valence-corrected chi connectivity index (χ2v) is 6.67. The minimum atomic E-state index is -1.32. The fraction of sp³-hybridized carbons (Fsp3) is 1.00. The Labute approximate surface area is 77.1 Å². The zero-order chi connectivity index (χ0) is 8.97. The van der Waals surface area contributed by atoms with Crippen LogP contribution in [0.1, 0.15) is 32.6 Å². The van der Waals surface area contributed by atoms with E-state index in [9.17, 15) is 0 Å².